The van der Waals surface area contributed by atoms with Crippen LogP contribution in [-0.2, 0) is 35.9 Å². The highest BCUT2D eigenvalue weighted by molar-refractivity contribution is 6.72. The molecule has 5 heterocycles. The van der Waals surface area contributed by atoms with Crippen LogP contribution in [-0.4, -0.2) is 94.0 Å². The first-order chi connectivity index (χ1) is 22.9. The van der Waals surface area contributed by atoms with Gasteiger partial charge in [-0.3, -0.25) is 19.4 Å². The highest BCUT2D eigenvalue weighted by Gasteiger charge is 2.67. The van der Waals surface area contributed by atoms with Crippen LogP contribution >= 0.6 is 0 Å². The number of amides is 4. The van der Waals surface area contributed by atoms with E-state index in [1.807, 2.05) is 31.2 Å². The number of ether oxygens (including phenoxy) is 3. The zero-order chi connectivity index (χ0) is 34.0. The first-order valence-corrected chi connectivity index (χ1v) is 19.6. The number of aliphatic hydroxyl groups is 1. The molecule has 14 heteroatoms. The molecule has 256 valence electrons. The molecule has 7 rings (SSSR count). The number of hydrogen-bond acceptors (Lipinski definition) is 8. The number of cyclic esters (lactones) is 2. The number of likely N-dealkylation sites (tertiary alicyclic amines) is 1. The van der Waals surface area contributed by atoms with Gasteiger partial charge in [0.2, 0.25) is 14.3 Å². The molecule has 2 aromatic carbocycles. The van der Waals surface area contributed by atoms with E-state index in [4.69, 9.17) is 14.2 Å². The maximum absolute atomic E-state index is 16.4. The van der Waals surface area contributed by atoms with Crippen molar-refractivity contribution in [3.63, 3.8) is 0 Å². The summed E-state index contributed by atoms with van der Waals surface area (Å²) in [4.78, 5) is 59.5. The van der Waals surface area contributed by atoms with Gasteiger partial charge in [0.1, 0.15) is 13.2 Å². The Hall–Kier alpha value is -4.01. The zero-order valence-corrected chi connectivity index (χ0v) is 28.4. The molecule has 1 spiro atoms. The van der Waals surface area contributed by atoms with Crippen molar-refractivity contribution in [1.29, 1.82) is 0 Å². The fourth-order valence-electron chi connectivity index (χ4n) is 8.42. The van der Waals surface area contributed by atoms with E-state index < -0.39 is 43.8 Å². The molecule has 5 atom stereocenters. The van der Waals surface area contributed by atoms with Gasteiger partial charge < -0.3 is 33.2 Å². The second kappa shape index (κ2) is 12.1. The number of aliphatic hydroxyl groups excluding tert-OH is 1. The van der Waals surface area contributed by atoms with Crippen LogP contribution in [0.1, 0.15) is 37.3 Å². The standard InChI is InChI=1S/C34H41FN4O8Si/c1-21-30(48(2,3)35)28(18-29(41)36-12-4-5-25(36)20-40)47-34(21)26-17-24(38-14-16-46-33(38)44)10-11-27(26)39(31(34)42)19-22-6-8-23(9-7-22)37-13-15-45-32(37)43/h6-11,17,21,25,28,30,40H,4-5,12-16,18-20H2,1-3H3/t21-,25-,28+,30-,34+/m0/s1. The number of carbonyl (C=O) groups is 4. The molecule has 0 aliphatic carbocycles. The van der Waals surface area contributed by atoms with E-state index in [9.17, 15) is 24.3 Å². The molecule has 0 unspecified atom stereocenters. The van der Waals surface area contributed by atoms with E-state index in [0.717, 1.165) is 12.0 Å². The maximum atomic E-state index is 16.4. The van der Waals surface area contributed by atoms with Gasteiger partial charge in [-0.2, -0.15) is 0 Å². The predicted molar refractivity (Wildman–Crippen MR) is 176 cm³/mol. The number of nitrogens with zero attached hydrogens (tertiary/aromatic N) is 4. The molecule has 1 N–H and O–H groups in total. The van der Waals surface area contributed by atoms with Crippen LogP contribution in [0.25, 0.3) is 0 Å². The number of carbonyl (C=O) groups excluding carboxylic acids is 4. The van der Waals surface area contributed by atoms with E-state index in [0.29, 0.717) is 55.3 Å². The highest BCUT2D eigenvalue weighted by atomic mass is 28.4. The Morgan fingerprint density at radius 1 is 0.979 bits per heavy atom. The summed E-state index contributed by atoms with van der Waals surface area (Å²) in [5, 5.41) is 9.86. The van der Waals surface area contributed by atoms with Gasteiger partial charge in [-0.05, 0) is 61.8 Å². The SMILES string of the molecule is C[C@H]1[C@H]([Si](C)(C)F)[C@@H](CC(=O)N2CCC[C@H]2CO)O[C@]12C(=O)N(Cc1ccc(N3CCOC3=O)cc1)c1ccc(N3CCOC3=O)cc12. The van der Waals surface area contributed by atoms with Crippen molar-refractivity contribution in [2.75, 3.05) is 54.2 Å². The van der Waals surface area contributed by atoms with Crippen LogP contribution in [0.4, 0.5) is 30.8 Å². The van der Waals surface area contributed by atoms with Crippen molar-refractivity contribution in [2.45, 2.75) is 69.1 Å². The molecular weight excluding hydrogens is 639 g/mol. The molecule has 2 aromatic rings. The molecule has 0 radical (unpaired) electrons. The molecule has 48 heavy (non-hydrogen) atoms. The lowest BCUT2D eigenvalue weighted by molar-refractivity contribution is -0.150. The number of fused-ring (bicyclic) bond motifs is 2. The summed E-state index contributed by atoms with van der Waals surface area (Å²) in [6.07, 6.45) is -0.384. The van der Waals surface area contributed by atoms with Crippen LogP contribution in [0.5, 0.6) is 0 Å². The van der Waals surface area contributed by atoms with Gasteiger partial charge in [-0.25, -0.2) is 9.59 Å². The van der Waals surface area contributed by atoms with Crippen LogP contribution < -0.4 is 14.7 Å². The first-order valence-electron chi connectivity index (χ1n) is 16.6. The average Bonchev–Trinajstić information content (AvgIpc) is 3.88. The third-order valence-corrected chi connectivity index (χ3v) is 13.1. The fraction of sp³-hybridized carbons (Fsp3) is 0.529. The van der Waals surface area contributed by atoms with Crippen molar-refractivity contribution in [3.05, 3.63) is 53.6 Å². The van der Waals surface area contributed by atoms with Crippen molar-refractivity contribution in [2.24, 2.45) is 5.92 Å². The van der Waals surface area contributed by atoms with E-state index >= 15 is 4.11 Å². The summed E-state index contributed by atoms with van der Waals surface area (Å²) >= 11 is 0. The molecule has 0 bridgehead atoms. The number of hydrogen-bond donors (Lipinski definition) is 1. The minimum atomic E-state index is -3.54. The minimum absolute atomic E-state index is 0.102. The Morgan fingerprint density at radius 2 is 1.62 bits per heavy atom. The second-order valence-corrected chi connectivity index (χ2v) is 17.6. The lowest BCUT2D eigenvalue weighted by atomic mass is 9.82. The first kappa shape index (κ1) is 32.5. The minimum Gasteiger partial charge on any atom is -0.447 e. The monoisotopic (exact) mass is 680 g/mol. The summed E-state index contributed by atoms with van der Waals surface area (Å²) in [5.41, 5.74) is 0.856. The molecule has 0 aromatic heterocycles. The van der Waals surface area contributed by atoms with Crippen molar-refractivity contribution in [3.8, 4) is 0 Å². The summed E-state index contributed by atoms with van der Waals surface area (Å²) in [7, 11) is -3.54. The van der Waals surface area contributed by atoms with Crippen molar-refractivity contribution >= 4 is 49.5 Å². The van der Waals surface area contributed by atoms with Gasteiger partial charge >= 0.3 is 12.2 Å². The highest BCUT2D eigenvalue weighted by Crippen LogP contribution is 2.61. The summed E-state index contributed by atoms with van der Waals surface area (Å²) in [6.45, 7) is 6.93. The quantitative estimate of drug-likeness (QED) is 0.323. The van der Waals surface area contributed by atoms with Gasteiger partial charge in [0, 0.05) is 34.9 Å². The normalized spacial score (nSPS) is 28.6. The molecule has 5 aliphatic heterocycles. The Morgan fingerprint density at radius 3 is 2.23 bits per heavy atom. The average molecular weight is 681 g/mol. The Labute approximate surface area is 279 Å². The molecule has 12 nitrogen and oxygen atoms in total. The summed E-state index contributed by atoms with van der Waals surface area (Å²) in [5.74, 6) is -1.21. The fourth-order valence-corrected chi connectivity index (χ4v) is 10.9. The Balaban J connectivity index is 1.26. The lowest BCUT2D eigenvalue weighted by Gasteiger charge is -2.31. The van der Waals surface area contributed by atoms with E-state index in [-0.39, 0.29) is 44.0 Å². The lowest BCUT2D eigenvalue weighted by Crippen LogP contribution is -2.45. The number of rotatable bonds is 8. The van der Waals surface area contributed by atoms with Crippen LogP contribution in [0, 0.1) is 5.92 Å². The third kappa shape index (κ3) is 5.24. The van der Waals surface area contributed by atoms with E-state index in [1.54, 1.807) is 46.0 Å². The molecular formula is C34H41FN4O8Si. The number of halogens is 1. The molecule has 0 saturated carbocycles. The van der Waals surface area contributed by atoms with E-state index in [1.165, 1.54) is 4.90 Å². The van der Waals surface area contributed by atoms with Gasteiger partial charge in [0.05, 0.1) is 50.5 Å². The van der Waals surface area contributed by atoms with Gasteiger partial charge in [0.25, 0.3) is 5.91 Å². The predicted octanol–water partition coefficient (Wildman–Crippen LogP) is 4.30. The van der Waals surface area contributed by atoms with Crippen LogP contribution in [0.3, 0.4) is 0 Å². The Bertz CT molecular complexity index is 1640. The molecule has 4 saturated heterocycles. The largest absolute Gasteiger partial charge is 0.447 e. The molecule has 5 aliphatic rings. The van der Waals surface area contributed by atoms with Crippen LogP contribution in [0.15, 0.2) is 42.5 Å². The maximum Gasteiger partial charge on any atom is 0.414 e. The van der Waals surface area contributed by atoms with Gasteiger partial charge in [-0.15, -0.1) is 0 Å². The third-order valence-electron chi connectivity index (χ3n) is 10.7. The van der Waals surface area contributed by atoms with Crippen molar-refractivity contribution < 1.29 is 42.6 Å². The summed E-state index contributed by atoms with van der Waals surface area (Å²) in [6, 6.07) is 12.4. The topological polar surface area (TPSA) is 129 Å². The Kier molecular flexibility index (Phi) is 8.23. The van der Waals surface area contributed by atoms with Crippen molar-refractivity contribution in [1.82, 2.24) is 4.90 Å². The van der Waals surface area contributed by atoms with Gasteiger partial charge in [0.15, 0.2) is 5.60 Å². The molecule has 4 fully saturated rings. The number of anilines is 3. The van der Waals surface area contributed by atoms with Crippen LogP contribution in [0.2, 0.25) is 18.6 Å². The zero-order valence-electron chi connectivity index (χ0n) is 27.4. The molecule has 4 amide bonds. The smallest absolute Gasteiger partial charge is 0.414 e. The van der Waals surface area contributed by atoms with Gasteiger partial charge in [-0.1, -0.05) is 19.1 Å². The summed E-state index contributed by atoms with van der Waals surface area (Å²) < 4.78 is 33.4. The van der Waals surface area contributed by atoms with E-state index in [2.05, 4.69) is 0 Å². The second-order valence-electron chi connectivity index (χ2n) is 13.8. The number of benzene rings is 2.